The van der Waals surface area contributed by atoms with Gasteiger partial charge in [0.15, 0.2) is 0 Å². The maximum atomic E-state index is 10.3. The highest BCUT2D eigenvalue weighted by molar-refractivity contribution is 9.10. The molecule has 1 heterocycles. The zero-order chi connectivity index (χ0) is 13.1. The van der Waals surface area contributed by atoms with E-state index in [1.54, 1.807) is 11.3 Å². The summed E-state index contributed by atoms with van der Waals surface area (Å²) < 4.78 is 1.02. The van der Waals surface area contributed by atoms with Gasteiger partial charge in [-0.1, -0.05) is 28.9 Å². The van der Waals surface area contributed by atoms with Gasteiger partial charge in [0.1, 0.15) is 0 Å². The highest BCUT2D eigenvalue weighted by atomic mass is 79.9. The minimum Gasteiger partial charge on any atom is -0.388 e. The van der Waals surface area contributed by atoms with Gasteiger partial charge in [-0.15, -0.1) is 11.3 Å². The predicted octanol–water partition coefficient (Wildman–Crippen LogP) is 4.66. The number of aryl methyl sites for hydroxylation is 2. The third-order valence-corrected chi connectivity index (χ3v) is 4.81. The number of aliphatic hydroxyl groups excluding tert-OH is 1. The Labute approximate surface area is 121 Å². The lowest BCUT2D eigenvalue weighted by atomic mass is 10.0. The second kappa shape index (κ2) is 6.00. The Bertz CT molecular complexity index is 533. The molecule has 1 N–H and O–H groups in total. The first-order valence-electron chi connectivity index (χ1n) is 6.12. The first-order chi connectivity index (χ1) is 8.60. The molecular weight excluding hydrogens is 308 g/mol. The zero-order valence-corrected chi connectivity index (χ0v) is 13.0. The first-order valence-corrected chi connectivity index (χ1v) is 7.72. The van der Waals surface area contributed by atoms with Crippen molar-refractivity contribution in [1.82, 2.24) is 0 Å². The highest BCUT2D eigenvalue weighted by Crippen LogP contribution is 2.27. The second-order valence-corrected chi connectivity index (χ2v) is 6.61. The van der Waals surface area contributed by atoms with Crippen LogP contribution in [0.1, 0.15) is 33.9 Å². The molecule has 1 unspecified atom stereocenters. The van der Waals surface area contributed by atoms with Crippen molar-refractivity contribution in [3.63, 3.8) is 0 Å². The van der Waals surface area contributed by atoms with Gasteiger partial charge in [0.2, 0.25) is 0 Å². The van der Waals surface area contributed by atoms with E-state index in [0.717, 1.165) is 22.0 Å². The van der Waals surface area contributed by atoms with Gasteiger partial charge < -0.3 is 5.11 Å². The molecule has 1 atom stereocenters. The molecule has 18 heavy (non-hydrogen) atoms. The molecule has 0 spiro atoms. The van der Waals surface area contributed by atoms with E-state index in [4.69, 9.17) is 0 Å². The number of aliphatic hydroxyl groups is 1. The van der Waals surface area contributed by atoms with Crippen LogP contribution in [0.2, 0.25) is 0 Å². The van der Waals surface area contributed by atoms with Crippen LogP contribution in [0.5, 0.6) is 0 Å². The van der Waals surface area contributed by atoms with E-state index >= 15 is 0 Å². The fourth-order valence-electron chi connectivity index (χ4n) is 1.99. The Morgan fingerprint density at radius 2 is 1.94 bits per heavy atom. The summed E-state index contributed by atoms with van der Waals surface area (Å²) in [5.74, 6) is 0. The van der Waals surface area contributed by atoms with E-state index in [2.05, 4.69) is 35.0 Å². The minimum atomic E-state index is -0.425. The van der Waals surface area contributed by atoms with Crippen LogP contribution in [0.3, 0.4) is 0 Å². The van der Waals surface area contributed by atoms with E-state index in [0.29, 0.717) is 6.42 Å². The molecule has 3 heteroatoms. The van der Waals surface area contributed by atoms with Crippen LogP contribution < -0.4 is 0 Å². The predicted molar refractivity (Wildman–Crippen MR) is 81.2 cm³/mol. The molecule has 0 radical (unpaired) electrons. The van der Waals surface area contributed by atoms with Gasteiger partial charge in [-0.2, -0.15) is 0 Å². The highest BCUT2D eigenvalue weighted by Gasteiger charge is 2.13. The summed E-state index contributed by atoms with van der Waals surface area (Å²) in [7, 11) is 0. The van der Waals surface area contributed by atoms with Crippen molar-refractivity contribution in [2.24, 2.45) is 0 Å². The Kier molecular flexibility index (Phi) is 4.60. The number of hydrogen-bond acceptors (Lipinski definition) is 2. The van der Waals surface area contributed by atoms with Gasteiger partial charge in [-0.25, -0.2) is 0 Å². The van der Waals surface area contributed by atoms with Crippen molar-refractivity contribution >= 4 is 27.3 Å². The van der Waals surface area contributed by atoms with Crippen LogP contribution in [0, 0.1) is 6.92 Å². The zero-order valence-electron chi connectivity index (χ0n) is 10.6. The van der Waals surface area contributed by atoms with E-state index in [9.17, 15) is 5.11 Å². The molecule has 96 valence electrons. The number of hydrogen-bond donors (Lipinski definition) is 1. The van der Waals surface area contributed by atoms with Gasteiger partial charge >= 0.3 is 0 Å². The Morgan fingerprint density at radius 1 is 1.22 bits per heavy atom. The number of benzene rings is 1. The maximum absolute atomic E-state index is 10.3. The third-order valence-electron chi connectivity index (χ3n) is 3.06. The molecule has 0 aliphatic heterocycles. The molecule has 0 aliphatic rings. The quantitative estimate of drug-likeness (QED) is 0.867. The summed E-state index contributed by atoms with van der Waals surface area (Å²) >= 11 is 5.25. The molecule has 0 aliphatic carbocycles. The molecule has 1 nitrogen and oxygen atoms in total. The maximum Gasteiger partial charge on any atom is 0.0841 e. The first kappa shape index (κ1) is 13.8. The summed E-state index contributed by atoms with van der Waals surface area (Å²) in [6.45, 7) is 4.20. The molecule has 1 aromatic heterocycles. The van der Waals surface area contributed by atoms with Crippen molar-refractivity contribution in [1.29, 1.82) is 0 Å². The Balaban J connectivity index is 2.16. The van der Waals surface area contributed by atoms with Crippen molar-refractivity contribution in [3.05, 3.63) is 55.7 Å². The van der Waals surface area contributed by atoms with Gasteiger partial charge in [0.25, 0.3) is 0 Å². The summed E-state index contributed by atoms with van der Waals surface area (Å²) in [6.07, 6.45) is 1.34. The largest absolute Gasteiger partial charge is 0.388 e. The van der Waals surface area contributed by atoms with E-state index in [-0.39, 0.29) is 0 Å². The van der Waals surface area contributed by atoms with Crippen LogP contribution in [-0.4, -0.2) is 5.11 Å². The molecule has 0 saturated carbocycles. The van der Waals surface area contributed by atoms with Crippen LogP contribution in [0.4, 0.5) is 0 Å². The van der Waals surface area contributed by atoms with E-state index in [1.165, 1.54) is 9.75 Å². The summed E-state index contributed by atoms with van der Waals surface area (Å²) in [4.78, 5) is 2.63. The summed E-state index contributed by atoms with van der Waals surface area (Å²) in [5.41, 5.74) is 2.15. The third kappa shape index (κ3) is 3.22. The van der Waals surface area contributed by atoms with Crippen LogP contribution in [0.15, 0.2) is 34.8 Å². The van der Waals surface area contributed by atoms with Crippen LogP contribution in [-0.2, 0) is 12.8 Å². The second-order valence-electron chi connectivity index (χ2n) is 4.44. The van der Waals surface area contributed by atoms with Gasteiger partial charge in [0.05, 0.1) is 6.10 Å². The van der Waals surface area contributed by atoms with E-state index in [1.807, 2.05) is 25.1 Å². The number of rotatable bonds is 4. The van der Waals surface area contributed by atoms with Crippen LogP contribution >= 0.6 is 27.3 Å². The Hall–Kier alpha value is -0.640. The average molecular weight is 325 g/mol. The minimum absolute atomic E-state index is 0.425. The SMILES string of the molecule is CCc1ccc(CC(O)c2cc(Br)ccc2C)s1. The smallest absolute Gasteiger partial charge is 0.0841 e. The van der Waals surface area contributed by atoms with Crippen molar-refractivity contribution in [2.45, 2.75) is 32.8 Å². The fourth-order valence-corrected chi connectivity index (χ4v) is 3.37. The number of thiophene rings is 1. The molecular formula is C15H17BrOS. The molecule has 0 bridgehead atoms. The summed E-state index contributed by atoms with van der Waals surface area (Å²) in [5, 5.41) is 10.3. The van der Waals surface area contributed by atoms with Crippen molar-refractivity contribution in [3.8, 4) is 0 Å². The van der Waals surface area contributed by atoms with Gasteiger partial charge in [-0.05, 0) is 48.7 Å². The molecule has 2 rings (SSSR count). The normalized spacial score (nSPS) is 12.7. The average Bonchev–Trinajstić information content (AvgIpc) is 2.80. The van der Waals surface area contributed by atoms with Gasteiger partial charge in [-0.3, -0.25) is 0 Å². The van der Waals surface area contributed by atoms with E-state index < -0.39 is 6.10 Å². The molecule has 0 fully saturated rings. The fraction of sp³-hybridized carbons (Fsp3) is 0.333. The van der Waals surface area contributed by atoms with Crippen LogP contribution in [0.25, 0.3) is 0 Å². The molecule has 0 saturated heterocycles. The lowest BCUT2D eigenvalue weighted by Crippen LogP contribution is -2.02. The summed E-state index contributed by atoms with van der Waals surface area (Å²) in [6, 6.07) is 10.3. The number of halogens is 1. The Morgan fingerprint density at radius 3 is 2.61 bits per heavy atom. The topological polar surface area (TPSA) is 20.2 Å². The standard InChI is InChI=1S/C15H17BrOS/c1-3-12-6-7-13(18-12)9-15(17)14-8-11(16)5-4-10(14)2/h4-8,15,17H,3,9H2,1-2H3. The van der Waals surface area contributed by atoms with Gasteiger partial charge in [0, 0.05) is 20.6 Å². The lowest BCUT2D eigenvalue weighted by molar-refractivity contribution is 0.178. The molecule has 2 aromatic rings. The lowest BCUT2D eigenvalue weighted by Gasteiger charge is -2.13. The molecule has 1 aromatic carbocycles. The monoisotopic (exact) mass is 324 g/mol. The molecule has 0 amide bonds. The van der Waals surface area contributed by atoms with Crippen molar-refractivity contribution < 1.29 is 5.11 Å². The van der Waals surface area contributed by atoms with Crippen molar-refractivity contribution in [2.75, 3.05) is 0 Å².